The second-order valence-corrected chi connectivity index (χ2v) is 8.46. The molecule has 146 valence electrons. The zero-order valence-electron chi connectivity index (χ0n) is 15.9. The van der Waals surface area contributed by atoms with Crippen LogP contribution < -0.4 is 10.6 Å². The summed E-state index contributed by atoms with van der Waals surface area (Å²) in [6.45, 7) is 4.55. The minimum Gasteiger partial charge on any atom is -0.368 e. The molecule has 2 aliphatic rings. The second-order valence-electron chi connectivity index (χ2n) is 6.42. The van der Waals surface area contributed by atoms with Crippen molar-refractivity contribution in [3.05, 3.63) is 40.0 Å². The summed E-state index contributed by atoms with van der Waals surface area (Å²) in [5.41, 5.74) is 1.94. The summed E-state index contributed by atoms with van der Waals surface area (Å²) < 4.78 is 1.82. The lowest BCUT2D eigenvalue weighted by molar-refractivity contribution is 0.559. The van der Waals surface area contributed by atoms with E-state index in [2.05, 4.69) is 15.7 Å². The smallest absolute Gasteiger partial charge is 0.176 e. The number of anilines is 2. The molecule has 0 bridgehead atoms. The number of halogens is 2. The first-order valence-electron chi connectivity index (χ1n) is 9.21. The molecule has 4 rings (SSSR count). The SMILES string of the molecule is CC.Cn1cc2c(n1)NC(=NCc1ccc(Cl)c(Cl)c1)C1(CCSCC1)N2. The van der Waals surface area contributed by atoms with Crippen molar-refractivity contribution in [3.63, 3.8) is 0 Å². The minimum atomic E-state index is -0.141. The molecule has 0 unspecified atom stereocenters. The van der Waals surface area contributed by atoms with Crippen LogP contribution in [-0.4, -0.2) is 32.7 Å². The van der Waals surface area contributed by atoms with E-state index in [-0.39, 0.29) is 5.54 Å². The van der Waals surface area contributed by atoms with E-state index in [1.54, 1.807) is 0 Å². The number of aliphatic imine (C=N–C) groups is 1. The molecule has 1 fully saturated rings. The predicted octanol–water partition coefficient (Wildman–Crippen LogP) is 5.46. The van der Waals surface area contributed by atoms with Crippen LogP contribution in [0.25, 0.3) is 0 Å². The lowest BCUT2D eigenvalue weighted by Crippen LogP contribution is -2.54. The Labute approximate surface area is 174 Å². The van der Waals surface area contributed by atoms with Crippen LogP contribution in [0.5, 0.6) is 0 Å². The van der Waals surface area contributed by atoms with Crippen molar-refractivity contribution in [1.29, 1.82) is 0 Å². The minimum absolute atomic E-state index is 0.141. The maximum atomic E-state index is 6.12. The van der Waals surface area contributed by atoms with Crippen molar-refractivity contribution in [1.82, 2.24) is 9.78 Å². The molecular formula is C19H25Cl2N5S. The highest BCUT2D eigenvalue weighted by Gasteiger charge is 2.42. The molecule has 2 N–H and O–H groups in total. The number of benzene rings is 1. The van der Waals surface area contributed by atoms with Gasteiger partial charge in [0, 0.05) is 7.05 Å². The van der Waals surface area contributed by atoms with Crippen molar-refractivity contribution in [2.24, 2.45) is 12.0 Å². The zero-order chi connectivity index (χ0) is 19.4. The number of nitrogens with zero attached hydrogens (tertiary/aromatic N) is 3. The van der Waals surface area contributed by atoms with Gasteiger partial charge in [-0.3, -0.25) is 9.67 Å². The van der Waals surface area contributed by atoms with Crippen LogP contribution >= 0.6 is 35.0 Å². The lowest BCUT2D eigenvalue weighted by Gasteiger charge is -2.42. The molecule has 0 amide bonds. The topological polar surface area (TPSA) is 54.2 Å². The summed E-state index contributed by atoms with van der Waals surface area (Å²) in [5, 5.41) is 12.8. The second kappa shape index (κ2) is 8.76. The quantitative estimate of drug-likeness (QED) is 0.670. The molecule has 0 radical (unpaired) electrons. The molecule has 3 heterocycles. The molecule has 2 aromatic rings. The Morgan fingerprint density at radius 1 is 1.22 bits per heavy atom. The van der Waals surface area contributed by atoms with Gasteiger partial charge in [-0.2, -0.15) is 16.9 Å². The van der Waals surface area contributed by atoms with Crippen molar-refractivity contribution in [2.45, 2.75) is 38.8 Å². The van der Waals surface area contributed by atoms with Crippen LogP contribution in [0.15, 0.2) is 29.4 Å². The van der Waals surface area contributed by atoms with E-state index in [9.17, 15) is 0 Å². The third-order valence-electron chi connectivity index (χ3n) is 4.64. The van der Waals surface area contributed by atoms with Gasteiger partial charge < -0.3 is 10.6 Å². The van der Waals surface area contributed by atoms with E-state index in [1.165, 1.54) is 0 Å². The number of nitrogens with one attached hydrogen (secondary N) is 2. The number of hydrogen-bond donors (Lipinski definition) is 2. The molecule has 0 aliphatic carbocycles. The fourth-order valence-electron chi connectivity index (χ4n) is 3.30. The summed E-state index contributed by atoms with van der Waals surface area (Å²) in [6.07, 6.45) is 4.10. The highest BCUT2D eigenvalue weighted by atomic mass is 35.5. The highest BCUT2D eigenvalue weighted by Crippen LogP contribution is 2.38. The maximum Gasteiger partial charge on any atom is 0.176 e. The van der Waals surface area contributed by atoms with Gasteiger partial charge in [-0.15, -0.1) is 0 Å². The number of aromatic nitrogens is 2. The van der Waals surface area contributed by atoms with Crippen molar-refractivity contribution in [3.8, 4) is 0 Å². The Kier molecular flexibility index (Phi) is 6.61. The van der Waals surface area contributed by atoms with E-state index >= 15 is 0 Å². The fraction of sp³-hybridized carbons (Fsp3) is 0.474. The van der Waals surface area contributed by atoms with Gasteiger partial charge in [-0.25, -0.2) is 0 Å². The first kappa shape index (κ1) is 20.4. The summed E-state index contributed by atoms with van der Waals surface area (Å²) in [5.74, 6) is 4.04. The monoisotopic (exact) mass is 425 g/mol. The van der Waals surface area contributed by atoms with Gasteiger partial charge >= 0.3 is 0 Å². The summed E-state index contributed by atoms with van der Waals surface area (Å²) >= 11 is 14.1. The molecule has 1 saturated heterocycles. The molecule has 0 atom stereocenters. The molecule has 1 spiro atoms. The summed E-state index contributed by atoms with van der Waals surface area (Å²) in [4.78, 5) is 4.89. The third kappa shape index (κ3) is 4.39. The van der Waals surface area contributed by atoms with E-state index in [0.717, 1.165) is 47.3 Å². The molecular weight excluding hydrogens is 401 g/mol. The van der Waals surface area contributed by atoms with Crippen LogP contribution in [0.2, 0.25) is 10.0 Å². The van der Waals surface area contributed by atoms with Gasteiger partial charge in [0.15, 0.2) is 5.82 Å². The predicted molar refractivity (Wildman–Crippen MR) is 119 cm³/mol. The van der Waals surface area contributed by atoms with Gasteiger partial charge in [0.1, 0.15) is 5.84 Å². The van der Waals surface area contributed by atoms with Crippen LogP contribution in [0.4, 0.5) is 11.5 Å². The first-order valence-corrected chi connectivity index (χ1v) is 11.1. The van der Waals surface area contributed by atoms with Crippen LogP contribution in [0.1, 0.15) is 32.3 Å². The fourth-order valence-corrected chi connectivity index (χ4v) is 4.81. The number of aryl methyl sites for hydroxylation is 1. The molecule has 1 aromatic heterocycles. The Bertz CT molecular complexity index is 828. The number of hydrogen-bond acceptors (Lipinski definition) is 4. The number of thioether (sulfide) groups is 1. The Hall–Kier alpha value is -1.37. The van der Waals surface area contributed by atoms with Crippen molar-refractivity contribution in [2.75, 3.05) is 22.1 Å². The highest BCUT2D eigenvalue weighted by molar-refractivity contribution is 7.99. The average Bonchev–Trinajstić information content (AvgIpc) is 3.03. The first-order chi connectivity index (χ1) is 13.1. The lowest BCUT2D eigenvalue weighted by atomic mass is 9.88. The largest absolute Gasteiger partial charge is 0.368 e. The third-order valence-corrected chi connectivity index (χ3v) is 6.37. The molecule has 5 nitrogen and oxygen atoms in total. The van der Waals surface area contributed by atoms with Gasteiger partial charge in [0.2, 0.25) is 0 Å². The zero-order valence-corrected chi connectivity index (χ0v) is 18.2. The van der Waals surface area contributed by atoms with E-state index in [4.69, 9.17) is 28.2 Å². The number of fused-ring (bicyclic) bond motifs is 1. The summed E-state index contributed by atoms with van der Waals surface area (Å²) in [6, 6.07) is 5.65. The van der Waals surface area contributed by atoms with Gasteiger partial charge in [-0.1, -0.05) is 43.1 Å². The standard InChI is InChI=1S/C17H19Cl2N5S.C2H6/c1-24-10-14-15(23-24)21-16(17(22-14)4-6-25-7-5-17)20-9-11-2-3-12(18)13(19)8-11;1-2/h2-3,8,10,22H,4-7,9H2,1H3,(H,20,21,23);1-2H3. The average molecular weight is 426 g/mol. The van der Waals surface area contributed by atoms with Crippen molar-refractivity contribution < 1.29 is 0 Å². The molecule has 2 aliphatic heterocycles. The van der Waals surface area contributed by atoms with Crippen LogP contribution in [0.3, 0.4) is 0 Å². The van der Waals surface area contributed by atoms with E-state index < -0.39 is 0 Å². The normalized spacial score (nSPS) is 18.9. The molecule has 27 heavy (non-hydrogen) atoms. The van der Waals surface area contributed by atoms with Gasteiger partial charge in [0.25, 0.3) is 0 Å². The van der Waals surface area contributed by atoms with Gasteiger partial charge in [-0.05, 0) is 42.0 Å². The van der Waals surface area contributed by atoms with Crippen molar-refractivity contribution >= 4 is 52.3 Å². The number of rotatable bonds is 2. The Morgan fingerprint density at radius 2 is 1.96 bits per heavy atom. The Balaban J connectivity index is 0.00000102. The van der Waals surface area contributed by atoms with E-state index in [1.807, 2.05) is 61.7 Å². The van der Waals surface area contributed by atoms with Gasteiger partial charge in [0.05, 0.1) is 34.0 Å². The van der Waals surface area contributed by atoms with Crippen LogP contribution in [0, 0.1) is 0 Å². The molecule has 8 heteroatoms. The Morgan fingerprint density at radius 3 is 2.67 bits per heavy atom. The maximum absolute atomic E-state index is 6.12. The number of amidine groups is 1. The molecule has 1 aromatic carbocycles. The van der Waals surface area contributed by atoms with Crippen LogP contribution in [-0.2, 0) is 13.6 Å². The molecule has 0 saturated carbocycles. The summed E-state index contributed by atoms with van der Waals surface area (Å²) in [7, 11) is 1.93. The van der Waals surface area contributed by atoms with E-state index in [0.29, 0.717) is 16.6 Å².